The van der Waals surface area contributed by atoms with Gasteiger partial charge in [-0.3, -0.25) is 9.59 Å². The van der Waals surface area contributed by atoms with Crippen LogP contribution < -0.4 is 10.6 Å². The van der Waals surface area contributed by atoms with Crippen LogP contribution in [0.25, 0.3) is 0 Å². The molecule has 2 N–H and O–H groups in total. The highest BCUT2D eigenvalue weighted by atomic mass is 79.9. The Labute approximate surface area is 217 Å². The van der Waals surface area contributed by atoms with Gasteiger partial charge in [0.1, 0.15) is 10.2 Å². The van der Waals surface area contributed by atoms with Gasteiger partial charge < -0.3 is 10.6 Å². The Morgan fingerprint density at radius 2 is 1.48 bits per heavy atom. The molecule has 3 aromatic carbocycles. The highest BCUT2D eigenvalue weighted by Gasteiger charge is 2.67. The van der Waals surface area contributed by atoms with Crippen molar-refractivity contribution in [1.82, 2.24) is 0 Å². The van der Waals surface area contributed by atoms with Gasteiger partial charge in [0.05, 0.1) is 11.5 Å². The first-order chi connectivity index (χ1) is 15.6. The van der Waals surface area contributed by atoms with Gasteiger partial charge in [-0.1, -0.05) is 23.2 Å². The molecule has 0 aliphatic heterocycles. The van der Waals surface area contributed by atoms with Gasteiger partial charge in [-0.2, -0.15) is 0 Å². The third kappa shape index (κ3) is 5.31. The van der Waals surface area contributed by atoms with Gasteiger partial charge in [-0.15, -0.1) is 23.2 Å². The van der Waals surface area contributed by atoms with Gasteiger partial charge in [0.2, 0.25) is 5.91 Å². The summed E-state index contributed by atoms with van der Waals surface area (Å²) < 4.78 is 12.3. The summed E-state index contributed by atoms with van der Waals surface area (Å²) in [5.74, 6) is -2.49. The van der Waals surface area contributed by atoms with Crippen LogP contribution in [0.4, 0.5) is 15.8 Å². The number of hydrogen-bond donors (Lipinski definition) is 2. The van der Waals surface area contributed by atoms with Gasteiger partial charge >= 0.3 is 0 Å². The summed E-state index contributed by atoms with van der Waals surface area (Å²) in [7, 11) is 0. The maximum absolute atomic E-state index is 13.1. The lowest BCUT2D eigenvalue weighted by molar-refractivity contribution is -0.117. The van der Waals surface area contributed by atoms with Crippen molar-refractivity contribution in [2.24, 2.45) is 5.92 Å². The molecule has 4 nitrogen and oxygen atoms in total. The van der Waals surface area contributed by atoms with E-state index in [0.717, 1.165) is 0 Å². The predicted octanol–water partition coefficient (Wildman–Crippen LogP) is 7.67. The average Bonchev–Trinajstić information content (AvgIpc) is 3.32. The van der Waals surface area contributed by atoms with E-state index in [2.05, 4.69) is 26.6 Å². The second-order valence-corrected chi connectivity index (χ2v) is 10.6. The van der Waals surface area contributed by atoms with E-state index in [0.29, 0.717) is 31.5 Å². The Kier molecular flexibility index (Phi) is 6.95. The molecule has 33 heavy (non-hydrogen) atoms. The van der Waals surface area contributed by atoms with E-state index in [1.165, 1.54) is 30.3 Å². The van der Waals surface area contributed by atoms with Crippen LogP contribution >= 0.6 is 62.3 Å². The maximum atomic E-state index is 13.1. The number of nitrogens with one attached hydrogen (secondary N) is 2. The van der Waals surface area contributed by atoms with Crippen LogP contribution in [-0.2, 0) is 4.79 Å². The van der Waals surface area contributed by atoms with E-state index < -0.39 is 33.8 Å². The Hall–Kier alpha value is -1.83. The first kappa shape index (κ1) is 24.3. The number of carbonyl (C=O) groups excluding carboxylic acids is 2. The zero-order chi connectivity index (χ0) is 23.9. The molecule has 1 aliphatic rings. The predicted molar refractivity (Wildman–Crippen MR) is 134 cm³/mol. The summed E-state index contributed by atoms with van der Waals surface area (Å²) in [4.78, 5) is 25.6. The molecule has 4 rings (SSSR count). The van der Waals surface area contributed by atoms with Crippen molar-refractivity contribution in [3.05, 3.63) is 92.1 Å². The molecule has 1 aliphatic carbocycles. The topological polar surface area (TPSA) is 58.2 Å². The smallest absolute Gasteiger partial charge is 0.256 e. The molecule has 0 bridgehead atoms. The molecule has 1 fully saturated rings. The molecule has 0 radical (unpaired) electrons. The molecule has 0 unspecified atom stereocenters. The third-order valence-electron chi connectivity index (χ3n) is 5.16. The van der Waals surface area contributed by atoms with Crippen LogP contribution in [-0.4, -0.2) is 16.1 Å². The lowest BCUT2D eigenvalue weighted by Crippen LogP contribution is -2.18. The molecule has 170 valence electrons. The van der Waals surface area contributed by atoms with Crippen LogP contribution in [0, 0.1) is 11.7 Å². The minimum absolute atomic E-state index is 0.272. The van der Waals surface area contributed by atoms with E-state index in [1.54, 1.807) is 30.3 Å². The minimum Gasteiger partial charge on any atom is -0.326 e. The van der Waals surface area contributed by atoms with E-state index in [9.17, 15) is 14.0 Å². The summed E-state index contributed by atoms with van der Waals surface area (Å²) >= 11 is 28.3. The fourth-order valence-corrected chi connectivity index (χ4v) is 5.35. The van der Waals surface area contributed by atoms with Gasteiger partial charge in [-0.05, 0) is 82.2 Å². The zero-order valence-corrected chi connectivity index (χ0v) is 21.1. The largest absolute Gasteiger partial charge is 0.326 e. The molecule has 0 heterocycles. The molecular weight excluding hydrogens is 577 g/mol. The first-order valence-corrected chi connectivity index (χ1v) is 11.9. The van der Waals surface area contributed by atoms with Crippen molar-refractivity contribution in [3.8, 4) is 0 Å². The first-order valence-electron chi connectivity index (χ1n) is 9.57. The molecule has 3 aromatic rings. The average molecular weight is 591 g/mol. The number of alkyl halides is 2. The Balaban J connectivity index is 1.50. The standard InChI is InChI=1S/C23H14BrCl4FN2O2/c24-18-6-5-16(10-17(18)21(32)30-15-3-1-14(29)2-4-15)31-22(33)20-19(23(20,27)28)11-7-12(25)9-13(26)8-11/h1-10,19-20H,(H,30,32)(H,31,33)/t19-,20+/m0/s1. The summed E-state index contributed by atoms with van der Waals surface area (Å²) in [6.45, 7) is 0. The Morgan fingerprint density at radius 3 is 2.12 bits per heavy atom. The van der Waals surface area contributed by atoms with Crippen LogP contribution in [0.15, 0.2) is 65.1 Å². The van der Waals surface area contributed by atoms with Crippen molar-refractivity contribution < 1.29 is 14.0 Å². The summed E-state index contributed by atoms with van der Waals surface area (Å²) in [6.07, 6.45) is 0. The minimum atomic E-state index is -1.32. The molecular formula is C23H14BrCl4FN2O2. The molecule has 0 spiro atoms. The van der Waals surface area contributed by atoms with Crippen LogP contribution in [0.1, 0.15) is 21.8 Å². The highest BCUT2D eigenvalue weighted by molar-refractivity contribution is 9.10. The van der Waals surface area contributed by atoms with Gasteiger partial charge in [0.15, 0.2) is 0 Å². The second kappa shape index (κ2) is 9.43. The summed E-state index contributed by atoms with van der Waals surface area (Å²) in [5, 5.41) is 6.27. The SMILES string of the molecule is O=C(Nc1ccc(F)cc1)c1cc(NC(=O)[C@H]2[C@H](c3cc(Cl)cc(Cl)c3)C2(Cl)Cl)ccc1Br. The summed E-state index contributed by atoms with van der Waals surface area (Å²) in [6, 6.07) is 15.1. The molecule has 2 amide bonds. The zero-order valence-electron chi connectivity index (χ0n) is 16.5. The van der Waals surface area contributed by atoms with E-state index in [-0.39, 0.29) is 5.56 Å². The molecule has 10 heteroatoms. The number of benzene rings is 3. The maximum Gasteiger partial charge on any atom is 0.256 e. The monoisotopic (exact) mass is 588 g/mol. The van der Waals surface area contributed by atoms with Crippen LogP contribution in [0.5, 0.6) is 0 Å². The van der Waals surface area contributed by atoms with Crippen LogP contribution in [0.3, 0.4) is 0 Å². The van der Waals surface area contributed by atoms with E-state index in [1.807, 2.05) is 0 Å². The van der Waals surface area contributed by atoms with Gasteiger partial charge in [0.25, 0.3) is 5.91 Å². The van der Waals surface area contributed by atoms with Crippen molar-refractivity contribution >= 4 is 85.5 Å². The summed E-state index contributed by atoms with van der Waals surface area (Å²) in [5.41, 5.74) is 1.74. The fraction of sp³-hybridized carbons (Fsp3) is 0.130. The molecule has 0 saturated heterocycles. The van der Waals surface area contributed by atoms with Crippen molar-refractivity contribution in [2.45, 2.75) is 10.3 Å². The van der Waals surface area contributed by atoms with Crippen molar-refractivity contribution in [1.29, 1.82) is 0 Å². The lowest BCUT2D eigenvalue weighted by atomic mass is 10.1. The van der Waals surface area contributed by atoms with E-state index in [4.69, 9.17) is 46.4 Å². The fourth-order valence-electron chi connectivity index (χ4n) is 3.55. The van der Waals surface area contributed by atoms with Crippen molar-refractivity contribution in [2.75, 3.05) is 10.6 Å². The normalized spacial score (nSPS) is 18.5. The molecule has 0 aromatic heterocycles. The number of hydrogen-bond acceptors (Lipinski definition) is 2. The third-order valence-corrected chi connectivity index (χ3v) is 7.23. The Morgan fingerprint density at radius 1 is 0.879 bits per heavy atom. The van der Waals surface area contributed by atoms with E-state index >= 15 is 0 Å². The van der Waals surface area contributed by atoms with Crippen LogP contribution in [0.2, 0.25) is 10.0 Å². The number of halogens is 6. The Bertz CT molecular complexity index is 1230. The molecule has 2 atom stereocenters. The van der Waals surface area contributed by atoms with Crippen molar-refractivity contribution in [3.63, 3.8) is 0 Å². The quantitative estimate of drug-likeness (QED) is 0.300. The lowest BCUT2D eigenvalue weighted by Gasteiger charge is -2.10. The van der Waals surface area contributed by atoms with Gasteiger partial charge in [0, 0.05) is 31.8 Å². The second-order valence-electron chi connectivity index (χ2n) is 7.48. The highest BCUT2D eigenvalue weighted by Crippen LogP contribution is 2.65. The van der Waals surface area contributed by atoms with Gasteiger partial charge in [-0.25, -0.2) is 4.39 Å². The number of anilines is 2. The number of carbonyl (C=O) groups is 2. The molecule has 1 saturated carbocycles. The number of rotatable bonds is 5. The number of amides is 2.